The van der Waals surface area contributed by atoms with Crippen LogP contribution < -0.4 is 10.7 Å². The molecule has 2 aromatic carbocycles. The number of hydrogen-bond acceptors (Lipinski definition) is 5. The minimum Gasteiger partial charge on any atom is -0.462 e. The summed E-state index contributed by atoms with van der Waals surface area (Å²) in [5.41, 5.74) is 3.31. The molecule has 0 fully saturated rings. The standard InChI is InChI=1S/C20H20FN3O4/c1-3-28-20(27)14-8-10-15(11-9-14)22-18(25)12-13(2)23-24-19(26)16-6-4-5-7-17(16)21/h4-11H,3,12H2,1-2H3,(H,22,25)(H,24,26)/b23-13-. The summed E-state index contributed by atoms with van der Waals surface area (Å²) in [6.07, 6.45) is -0.0722. The molecule has 28 heavy (non-hydrogen) atoms. The molecule has 0 saturated heterocycles. The zero-order valence-electron chi connectivity index (χ0n) is 15.5. The van der Waals surface area contributed by atoms with Crippen LogP contribution in [0.25, 0.3) is 0 Å². The molecule has 0 bridgehead atoms. The van der Waals surface area contributed by atoms with Gasteiger partial charge in [0.05, 0.1) is 24.2 Å². The second-order valence-electron chi connectivity index (χ2n) is 5.79. The number of anilines is 1. The highest BCUT2D eigenvalue weighted by atomic mass is 19.1. The third kappa shape index (κ3) is 6.01. The van der Waals surface area contributed by atoms with Crippen LogP contribution in [-0.4, -0.2) is 30.1 Å². The molecule has 0 aliphatic carbocycles. The van der Waals surface area contributed by atoms with Crippen molar-refractivity contribution >= 4 is 29.2 Å². The van der Waals surface area contributed by atoms with E-state index in [0.717, 1.165) is 0 Å². The van der Waals surface area contributed by atoms with Crippen molar-refractivity contribution in [3.63, 3.8) is 0 Å². The van der Waals surface area contributed by atoms with Crippen molar-refractivity contribution in [2.24, 2.45) is 5.10 Å². The Labute approximate surface area is 161 Å². The summed E-state index contributed by atoms with van der Waals surface area (Å²) >= 11 is 0. The molecule has 146 valence electrons. The molecule has 0 radical (unpaired) electrons. The van der Waals surface area contributed by atoms with E-state index < -0.39 is 17.7 Å². The van der Waals surface area contributed by atoms with Crippen molar-refractivity contribution in [2.45, 2.75) is 20.3 Å². The van der Waals surface area contributed by atoms with E-state index in [4.69, 9.17) is 4.74 Å². The predicted octanol–water partition coefficient (Wildman–Crippen LogP) is 3.14. The lowest BCUT2D eigenvalue weighted by atomic mass is 10.2. The van der Waals surface area contributed by atoms with E-state index in [1.165, 1.54) is 24.3 Å². The van der Waals surface area contributed by atoms with E-state index in [9.17, 15) is 18.8 Å². The van der Waals surface area contributed by atoms with Crippen molar-refractivity contribution in [1.82, 2.24) is 5.43 Å². The Balaban J connectivity index is 1.88. The second kappa shape index (κ2) is 9.96. The largest absolute Gasteiger partial charge is 0.462 e. The molecular weight excluding hydrogens is 365 g/mol. The van der Waals surface area contributed by atoms with Gasteiger partial charge in [0.15, 0.2) is 0 Å². The molecule has 2 amide bonds. The number of rotatable bonds is 7. The minimum absolute atomic E-state index is 0.0722. The fourth-order valence-electron chi connectivity index (χ4n) is 2.23. The van der Waals surface area contributed by atoms with E-state index in [0.29, 0.717) is 17.0 Å². The Morgan fingerprint density at radius 3 is 2.39 bits per heavy atom. The van der Waals surface area contributed by atoms with Gasteiger partial charge in [-0.2, -0.15) is 5.10 Å². The molecule has 0 atom stereocenters. The third-order valence-corrected chi connectivity index (χ3v) is 3.56. The second-order valence-corrected chi connectivity index (χ2v) is 5.79. The first-order valence-corrected chi connectivity index (χ1v) is 8.55. The van der Waals surface area contributed by atoms with Crippen LogP contribution in [0, 0.1) is 5.82 Å². The normalized spacial score (nSPS) is 10.9. The van der Waals surface area contributed by atoms with E-state index in [1.807, 2.05) is 0 Å². The molecule has 0 aromatic heterocycles. The summed E-state index contributed by atoms with van der Waals surface area (Å²) in [4.78, 5) is 35.5. The average molecular weight is 385 g/mol. The molecule has 2 aromatic rings. The molecule has 7 nitrogen and oxygen atoms in total. The molecule has 2 N–H and O–H groups in total. The average Bonchev–Trinajstić information content (AvgIpc) is 2.67. The number of hydrogen-bond donors (Lipinski definition) is 2. The molecule has 0 spiro atoms. The number of amides is 2. The van der Waals surface area contributed by atoms with Gasteiger partial charge in [-0.1, -0.05) is 12.1 Å². The highest BCUT2D eigenvalue weighted by Gasteiger charge is 2.11. The summed E-state index contributed by atoms with van der Waals surface area (Å²) in [5, 5.41) is 6.46. The smallest absolute Gasteiger partial charge is 0.338 e. The van der Waals surface area contributed by atoms with Crippen molar-refractivity contribution in [3.8, 4) is 0 Å². The van der Waals surface area contributed by atoms with E-state index in [2.05, 4.69) is 15.8 Å². The number of carbonyl (C=O) groups is 3. The number of carbonyl (C=O) groups excluding carboxylic acids is 3. The Kier molecular flexibility index (Phi) is 7.38. The lowest BCUT2D eigenvalue weighted by Crippen LogP contribution is -2.22. The summed E-state index contributed by atoms with van der Waals surface area (Å²) < 4.78 is 18.4. The van der Waals surface area contributed by atoms with Crippen molar-refractivity contribution in [2.75, 3.05) is 11.9 Å². The highest BCUT2D eigenvalue weighted by molar-refractivity contribution is 6.06. The first-order valence-electron chi connectivity index (χ1n) is 8.55. The first-order chi connectivity index (χ1) is 13.4. The summed E-state index contributed by atoms with van der Waals surface area (Å²) in [6, 6.07) is 11.8. The minimum atomic E-state index is -0.701. The van der Waals surface area contributed by atoms with Gasteiger partial charge in [-0.15, -0.1) is 0 Å². The topological polar surface area (TPSA) is 96.9 Å². The third-order valence-electron chi connectivity index (χ3n) is 3.56. The maximum Gasteiger partial charge on any atom is 0.338 e. The molecule has 8 heteroatoms. The maximum absolute atomic E-state index is 13.5. The zero-order chi connectivity index (χ0) is 20.5. The first kappa shape index (κ1) is 20.8. The molecule has 0 aliphatic heterocycles. The van der Waals surface area contributed by atoms with Crippen LogP contribution in [0.5, 0.6) is 0 Å². The number of hydrazone groups is 1. The van der Waals surface area contributed by atoms with Crippen LogP contribution in [-0.2, 0) is 9.53 Å². The monoisotopic (exact) mass is 385 g/mol. The summed E-state index contributed by atoms with van der Waals surface area (Å²) in [7, 11) is 0. The van der Waals surface area contributed by atoms with Crippen LogP contribution in [0.1, 0.15) is 41.0 Å². The van der Waals surface area contributed by atoms with Gasteiger partial charge in [-0.3, -0.25) is 9.59 Å². The predicted molar refractivity (Wildman–Crippen MR) is 103 cm³/mol. The van der Waals surface area contributed by atoms with Gasteiger partial charge in [-0.05, 0) is 50.2 Å². The molecule has 0 saturated carbocycles. The Hall–Kier alpha value is -3.55. The van der Waals surface area contributed by atoms with Crippen molar-refractivity contribution in [1.29, 1.82) is 0 Å². The Bertz CT molecular complexity index is 895. The highest BCUT2D eigenvalue weighted by Crippen LogP contribution is 2.11. The van der Waals surface area contributed by atoms with Gasteiger partial charge in [-0.25, -0.2) is 14.6 Å². The zero-order valence-corrected chi connectivity index (χ0v) is 15.5. The quantitative estimate of drug-likeness (QED) is 0.435. The Morgan fingerprint density at radius 2 is 1.75 bits per heavy atom. The van der Waals surface area contributed by atoms with Crippen LogP contribution in [0.3, 0.4) is 0 Å². The summed E-state index contributed by atoms with van der Waals surface area (Å²) in [5.74, 6) is -2.15. The van der Waals surface area contributed by atoms with Gasteiger partial charge >= 0.3 is 5.97 Å². The van der Waals surface area contributed by atoms with Gasteiger partial charge in [0, 0.05) is 11.4 Å². The van der Waals surface area contributed by atoms with E-state index in [1.54, 1.807) is 38.1 Å². The SMILES string of the molecule is CCOC(=O)c1ccc(NC(=O)C/C(C)=N\NC(=O)c2ccccc2F)cc1. The van der Waals surface area contributed by atoms with Gasteiger partial charge < -0.3 is 10.1 Å². The van der Waals surface area contributed by atoms with Gasteiger partial charge in [0.25, 0.3) is 5.91 Å². The molecular formula is C20H20FN3O4. The van der Waals surface area contributed by atoms with Crippen LogP contribution in [0.2, 0.25) is 0 Å². The lowest BCUT2D eigenvalue weighted by molar-refractivity contribution is -0.115. The van der Waals surface area contributed by atoms with Crippen LogP contribution in [0.4, 0.5) is 10.1 Å². The summed E-state index contributed by atoms with van der Waals surface area (Å²) in [6.45, 7) is 3.56. The number of nitrogens with zero attached hydrogens (tertiary/aromatic N) is 1. The fraction of sp³-hybridized carbons (Fsp3) is 0.200. The van der Waals surface area contributed by atoms with Gasteiger partial charge in [0.2, 0.25) is 5.91 Å². The van der Waals surface area contributed by atoms with Gasteiger partial charge in [0.1, 0.15) is 5.82 Å². The Morgan fingerprint density at radius 1 is 1.07 bits per heavy atom. The molecule has 0 aliphatic rings. The number of benzene rings is 2. The maximum atomic E-state index is 13.5. The van der Waals surface area contributed by atoms with Crippen molar-refractivity contribution < 1.29 is 23.5 Å². The number of ether oxygens (including phenoxy) is 1. The van der Waals surface area contributed by atoms with Crippen LogP contribution in [0.15, 0.2) is 53.6 Å². The van der Waals surface area contributed by atoms with E-state index in [-0.39, 0.29) is 24.5 Å². The fourth-order valence-corrected chi connectivity index (χ4v) is 2.23. The number of esters is 1. The lowest BCUT2D eigenvalue weighted by Gasteiger charge is -2.07. The van der Waals surface area contributed by atoms with Crippen molar-refractivity contribution in [3.05, 3.63) is 65.5 Å². The van der Waals surface area contributed by atoms with Crippen LogP contribution >= 0.6 is 0 Å². The van der Waals surface area contributed by atoms with E-state index >= 15 is 0 Å². The molecule has 0 unspecified atom stereocenters. The number of halogens is 1. The number of nitrogens with one attached hydrogen (secondary N) is 2. The molecule has 2 rings (SSSR count). The molecule has 0 heterocycles.